The maximum atomic E-state index is 13.5. The summed E-state index contributed by atoms with van der Waals surface area (Å²) < 4.78 is 37.0. The van der Waals surface area contributed by atoms with E-state index in [0.29, 0.717) is 0 Å². The van der Waals surface area contributed by atoms with Crippen LogP contribution in [0.3, 0.4) is 0 Å². The molecule has 2 N–H and O–H groups in total. The zero-order valence-corrected chi connectivity index (χ0v) is 23.5. The molecule has 2 aliphatic rings. The zero-order chi connectivity index (χ0) is 28.3. The number of likely N-dealkylation sites (N-methyl/N-ethyl adjacent to an activating group) is 1. The average molecular weight is 567 g/mol. The van der Waals surface area contributed by atoms with E-state index in [1.54, 1.807) is 7.05 Å². The standard InChI is InChI=1S/C28H34N6O5S/c1-32(28(36)39-19-20-8-4-3-5-9-20)14-15-34(23-17-29-33(2)18-23)40(37,38)31-27(35)30-26-24-12-6-10-21(24)16-22-11-7-13-25(22)26/h3-5,8-9,16-18H,6-7,10-15,19H2,1-2H3,(H2,30,31,35). The fourth-order valence-corrected chi connectivity index (χ4v) is 6.45. The summed E-state index contributed by atoms with van der Waals surface area (Å²) in [7, 11) is -1.16. The number of anilines is 2. The van der Waals surface area contributed by atoms with Gasteiger partial charge in [0.2, 0.25) is 0 Å². The van der Waals surface area contributed by atoms with E-state index < -0.39 is 22.3 Å². The minimum Gasteiger partial charge on any atom is -0.445 e. The Morgan fingerprint density at radius 3 is 2.33 bits per heavy atom. The molecule has 11 nitrogen and oxygen atoms in total. The molecule has 12 heteroatoms. The molecule has 1 heterocycles. The molecule has 2 aliphatic carbocycles. The first-order valence-corrected chi connectivity index (χ1v) is 14.8. The molecule has 0 saturated carbocycles. The van der Waals surface area contributed by atoms with Crippen LogP contribution in [0.4, 0.5) is 21.0 Å². The number of fused-ring (bicyclic) bond motifs is 2. The molecule has 212 valence electrons. The lowest BCUT2D eigenvalue weighted by Crippen LogP contribution is -2.48. The Labute approximate surface area is 234 Å². The van der Waals surface area contributed by atoms with Crippen LogP contribution in [0.2, 0.25) is 0 Å². The van der Waals surface area contributed by atoms with Crippen molar-refractivity contribution in [2.24, 2.45) is 7.05 Å². The fourth-order valence-electron chi connectivity index (χ4n) is 5.37. The molecular weight excluding hydrogens is 532 g/mol. The number of ether oxygens (including phenoxy) is 1. The predicted molar refractivity (Wildman–Crippen MR) is 151 cm³/mol. The number of hydrogen-bond donors (Lipinski definition) is 2. The summed E-state index contributed by atoms with van der Waals surface area (Å²) in [5.41, 5.74) is 6.53. The fraction of sp³-hybridized carbons (Fsp3) is 0.393. The van der Waals surface area contributed by atoms with Gasteiger partial charge in [0, 0.05) is 32.5 Å². The second-order valence-corrected chi connectivity index (χ2v) is 11.8. The first-order chi connectivity index (χ1) is 19.2. The van der Waals surface area contributed by atoms with Gasteiger partial charge in [0.15, 0.2) is 0 Å². The Hall–Kier alpha value is -4.06. The minimum absolute atomic E-state index is 0.0186. The first kappa shape index (κ1) is 27.5. The van der Waals surface area contributed by atoms with E-state index in [9.17, 15) is 18.0 Å². The molecular formula is C28H34N6O5S. The second kappa shape index (κ2) is 11.6. The number of amides is 3. The van der Waals surface area contributed by atoms with Crippen molar-refractivity contribution in [3.63, 3.8) is 0 Å². The van der Waals surface area contributed by atoms with Crippen LogP contribution < -0.4 is 14.3 Å². The number of rotatable bonds is 9. The number of urea groups is 1. The van der Waals surface area contributed by atoms with E-state index in [0.717, 1.165) is 65.2 Å². The quantitative estimate of drug-likeness (QED) is 0.408. The molecule has 0 atom stereocenters. The Morgan fingerprint density at radius 1 is 1.02 bits per heavy atom. The normalized spacial score (nSPS) is 13.8. The largest absolute Gasteiger partial charge is 0.445 e. The van der Waals surface area contributed by atoms with Crippen LogP contribution in [0.25, 0.3) is 0 Å². The molecule has 0 radical (unpaired) electrons. The summed E-state index contributed by atoms with van der Waals surface area (Å²) in [6, 6.07) is 10.7. The van der Waals surface area contributed by atoms with Gasteiger partial charge in [-0.05, 0) is 66.3 Å². The summed E-state index contributed by atoms with van der Waals surface area (Å²) in [6.07, 6.45) is 8.01. The summed E-state index contributed by atoms with van der Waals surface area (Å²) in [4.78, 5) is 26.9. The maximum absolute atomic E-state index is 13.5. The Bertz CT molecular complexity index is 1470. The van der Waals surface area contributed by atoms with Gasteiger partial charge in [-0.25, -0.2) is 18.6 Å². The molecule has 5 rings (SSSR count). The molecule has 0 unspecified atom stereocenters. The van der Waals surface area contributed by atoms with Crippen molar-refractivity contribution >= 4 is 33.7 Å². The van der Waals surface area contributed by atoms with E-state index in [2.05, 4.69) is 21.2 Å². The van der Waals surface area contributed by atoms with Crippen LogP contribution in [0.15, 0.2) is 48.8 Å². The highest BCUT2D eigenvalue weighted by molar-refractivity contribution is 7.91. The Morgan fingerprint density at radius 2 is 1.70 bits per heavy atom. The molecule has 0 bridgehead atoms. The molecule has 2 aromatic carbocycles. The van der Waals surface area contributed by atoms with Crippen molar-refractivity contribution in [2.75, 3.05) is 29.8 Å². The van der Waals surface area contributed by atoms with Gasteiger partial charge < -0.3 is 15.0 Å². The minimum atomic E-state index is -4.35. The van der Waals surface area contributed by atoms with Crippen LogP contribution in [0.5, 0.6) is 0 Å². The van der Waals surface area contributed by atoms with Crippen LogP contribution >= 0.6 is 0 Å². The van der Waals surface area contributed by atoms with Crippen molar-refractivity contribution in [2.45, 2.75) is 45.1 Å². The monoisotopic (exact) mass is 566 g/mol. The molecule has 0 aliphatic heterocycles. The van der Waals surface area contributed by atoms with E-state index in [-0.39, 0.29) is 25.4 Å². The van der Waals surface area contributed by atoms with Crippen LogP contribution in [0.1, 0.15) is 40.7 Å². The molecule has 40 heavy (non-hydrogen) atoms. The topological polar surface area (TPSA) is 126 Å². The molecule has 0 fully saturated rings. The molecule has 3 amide bonds. The van der Waals surface area contributed by atoms with E-state index >= 15 is 0 Å². The Balaban J connectivity index is 1.27. The number of hydrogen-bond acceptors (Lipinski definition) is 6. The van der Waals surface area contributed by atoms with Crippen LogP contribution in [0, 0.1) is 0 Å². The third-order valence-corrected chi connectivity index (χ3v) is 8.77. The Kier molecular flexibility index (Phi) is 7.97. The van der Waals surface area contributed by atoms with Gasteiger partial charge in [-0.1, -0.05) is 36.4 Å². The van der Waals surface area contributed by atoms with Gasteiger partial charge in [0.05, 0.1) is 18.4 Å². The van der Waals surface area contributed by atoms with Crippen molar-refractivity contribution in [1.82, 2.24) is 19.4 Å². The number of benzene rings is 2. The van der Waals surface area contributed by atoms with Gasteiger partial charge in [0.1, 0.15) is 6.61 Å². The molecule has 0 spiro atoms. The smallest absolute Gasteiger partial charge is 0.409 e. The van der Waals surface area contributed by atoms with Crippen LogP contribution in [-0.2, 0) is 54.3 Å². The van der Waals surface area contributed by atoms with Gasteiger partial charge in [-0.15, -0.1) is 0 Å². The lowest BCUT2D eigenvalue weighted by atomic mass is 9.99. The SMILES string of the molecule is CN(CCN(c1cnn(C)c1)S(=O)(=O)NC(=O)Nc1c2c(cc3c1CCC3)CCC2)C(=O)OCc1ccccc1. The predicted octanol–water partition coefficient (Wildman–Crippen LogP) is 3.54. The van der Waals surface area contributed by atoms with Crippen molar-refractivity contribution in [3.8, 4) is 0 Å². The first-order valence-electron chi connectivity index (χ1n) is 13.4. The van der Waals surface area contributed by atoms with Crippen molar-refractivity contribution in [1.29, 1.82) is 0 Å². The molecule has 0 saturated heterocycles. The number of carbonyl (C=O) groups is 2. The third kappa shape index (κ3) is 6.06. The number of aryl methyl sites for hydroxylation is 3. The van der Waals surface area contributed by atoms with E-state index in [1.165, 1.54) is 40.1 Å². The molecule has 3 aromatic rings. The highest BCUT2D eigenvalue weighted by Crippen LogP contribution is 2.38. The van der Waals surface area contributed by atoms with Gasteiger partial charge in [-0.3, -0.25) is 4.68 Å². The summed E-state index contributed by atoms with van der Waals surface area (Å²) in [5, 5.41) is 6.94. The zero-order valence-electron chi connectivity index (χ0n) is 22.7. The maximum Gasteiger partial charge on any atom is 0.409 e. The summed E-state index contributed by atoms with van der Waals surface area (Å²) in [6.45, 7) is -0.00459. The lowest BCUT2D eigenvalue weighted by molar-refractivity contribution is 0.106. The second-order valence-electron chi connectivity index (χ2n) is 10.2. The van der Waals surface area contributed by atoms with Gasteiger partial charge >= 0.3 is 22.3 Å². The third-order valence-electron chi connectivity index (χ3n) is 7.36. The number of nitrogens with zero attached hydrogens (tertiary/aromatic N) is 4. The molecule has 1 aromatic heterocycles. The number of carbonyl (C=O) groups excluding carboxylic acids is 2. The summed E-state index contributed by atoms with van der Waals surface area (Å²) in [5.74, 6) is 0. The van der Waals surface area contributed by atoms with E-state index in [1.807, 2.05) is 30.3 Å². The number of aromatic nitrogens is 2. The van der Waals surface area contributed by atoms with Gasteiger partial charge in [-0.2, -0.15) is 13.5 Å². The van der Waals surface area contributed by atoms with Crippen molar-refractivity contribution < 1.29 is 22.7 Å². The number of nitrogens with one attached hydrogen (secondary N) is 2. The summed E-state index contributed by atoms with van der Waals surface area (Å²) >= 11 is 0. The van der Waals surface area contributed by atoms with Crippen LogP contribution in [-0.4, -0.2) is 55.4 Å². The average Bonchev–Trinajstić information content (AvgIpc) is 3.68. The highest BCUT2D eigenvalue weighted by Gasteiger charge is 2.29. The highest BCUT2D eigenvalue weighted by atomic mass is 32.2. The lowest BCUT2D eigenvalue weighted by Gasteiger charge is -2.26. The van der Waals surface area contributed by atoms with E-state index in [4.69, 9.17) is 4.74 Å². The van der Waals surface area contributed by atoms with Gasteiger partial charge in [0.25, 0.3) is 0 Å². The van der Waals surface area contributed by atoms with Crippen molar-refractivity contribution in [3.05, 3.63) is 76.6 Å².